The van der Waals surface area contributed by atoms with Crippen LogP contribution in [0.3, 0.4) is 0 Å². The summed E-state index contributed by atoms with van der Waals surface area (Å²) in [7, 11) is -0.770. The minimum atomic E-state index is -0.770. The van der Waals surface area contributed by atoms with Gasteiger partial charge in [0, 0.05) is 22.3 Å². The van der Waals surface area contributed by atoms with Crippen molar-refractivity contribution < 1.29 is 9.32 Å². The van der Waals surface area contributed by atoms with Gasteiger partial charge in [0.05, 0.1) is 6.61 Å². The molecule has 56 valence electrons. The molecule has 0 aromatic rings. The first kappa shape index (κ1) is 9.11. The Hall–Kier alpha value is 0.110. The van der Waals surface area contributed by atoms with Gasteiger partial charge in [0.1, 0.15) is 0 Å². The molecular weight excluding hydrogens is 136 g/mol. The van der Waals surface area contributed by atoms with E-state index in [1.54, 1.807) is 0 Å². The van der Waals surface area contributed by atoms with Crippen LogP contribution in [-0.2, 0) is 10.8 Å². The summed E-state index contributed by atoms with van der Waals surface area (Å²) in [4.78, 5) is 0. The number of rotatable bonds is 5. The molecule has 0 aliphatic heterocycles. The second-order valence-corrected chi connectivity index (χ2v) is 3.62. The third kappa shape index (κ3) is 5.99. The van der Waals surface area contributed by atoms with Crippen LogP contribution in [0.4, 0.5) is 0 Å². The standard InChI is InChI=1S/C6H14O2S/c1-2-3-5-9(8)6-4-7/h7H,2-6H2,1H3/t9-/m0/s1. The van der Waals surface area contributed by atoms with Crippen LogP contribution >= 0.6 is 0 Å². The zero-order valence-corrected chi connectivity index (χ0v) is 6.62. The topological polar surface area (TPSA) is 37.3 Å². The van der Waals surface area contributed by atoms with Gasteiger partial charge in [-0.2, -0.15) is 0 Å². The first-order chi connectivity index (χ1) is 4.31. The largest absolute Gasteiger partial charge is 0.395 e. The van der Waals surface area contributed by atoms with Crippen molar-refractivity contribution in [3.8, 4) is 0 Å². The second-order valence-electron chi connectivity index (χ2n) is 1.93. The molecule has 0 amide bonds. The molecule has 0 aliphatic carbocycles. The molecule has 3 heteroatoms. The van der Waals surface area contributed by atoms with Crippen LogP contribution < -0.4 is 0 Å². The third-order valence-electron chi connectivity index (χ3n) is 1.04. The zero-order chi connectivity index (χ0) is 7.11. The molecule has 0 heterocycles. The molecule has 9 heavy (non-hydrogen) atoms. The third-order valence-corrected chi connectivity index (χ3v) is 2.43. The highest BCUT2D eigenvalue weighted by Crippen LogP contribution is 1.90. The second kappa shape index (κ2) is 6.23. The van der Waals surface area contributed by atoms with E-state index in [-0.39, 0.29) is 6.61 Å². The Morgan fingerprint density at radius 1 is 1.44 bits per heavy atom. The number of unbranched alkanes of at least 4 members (excludes halogenated alkanes) is 1. The van der Waals surface area contributed by atoms with Crippen LogP contribution in [0.1, 0.15) is 19.8 Å². The summed E-state index contributed by atoms with van der Waals surface area (Å²) in [6.45, 7) is 2.12. The van der Waals surface area contributed by atoms with Crippen molar-refractivity contribution in [3.05, 3.63) is 0 Å². The van der Waals surface area contributed by atoms with Crippen molar-refractivity contribution in [2.75, 3.05) is 18.1 Å². The quantitative estimate of drug-likeness (QED) is 0.620. The molecule has 0 radical (unpaired) electrons. The van der Waals surface area contributed by atoms with Crippen LogP contribution in [0, 0.1) is 0 Å². The molecule has 0 saturated carbocycles. The zero-order valence-electron chi connectivity index (χ0n) is 5.80. The van der Waals surface area contributed by atoms with Crippen LogP contribution in [-0.4, -0.2) is 27.4 Å². The fourth-order valence-electron chi connectivity index (χ4n) is 0.509. The van der Waals surface area contributed by atoms with Crippen molar-refractivity contribution in [1.29, 1.82) is 0 Å². The minimum absolute atomic E-state index is 0.0519. The lowest BCUT2D eigenvalue weighted by atomic mass is 10.4. The Morgan fingerprint density at radius 3 is 2.56 bits per heavy atom. The summed E-state index contributed by atoms with van der Waals surface area (Å²) >= 11 is 0. The smallest absolute Gasteiger partial charge is 0.0546 e. The molecule has 1 N–H and O–H groups in total. The van der Waals surface area contributed by atoms with Gasteiger partial charge in [-0.3, -0.25) is 4.21 Å². The van der Waals surface area contributed by atoms with Crippen LogP contribution in [0.25, 0.3) is 0 Å². The Kier molecular flexibility index (Phi) is 6.31. The molecule has 0 aromatic heterocycles. The summed E-state index contributed by atoms with van der Waals surface area (Å²) in [5, 5.41) is 8.34. The van der Waals surface area contributed by atoms with E-state index in [9.17, 15) is 4.21 Å². The van der Waals surface area contributed by atoms with E-state index in [0.29, 0.717) is 5.75 Å². The van der Waals surface area contributed by atoms with E-state index >= 15 is 0 Å². The van der Waals surface area contributed by atoms with E-state index in [1.807, 2.05) is 0 Å². The van der Waals surface area contributed by atoms with E-state index in [1.165, 1.54) is 0 Å². The molecule has 0 aliphatic rings. The number of aliphatic hydroxyl groups excluding tert-OH is 1. The maximum Gasteiger partial charge on any atom is 0.0546 e. The van der Waals surface area contributed by atoms with E-state index in [2.05, 4.69) is 6.92 Å². The molecule has 2 nitrogen and oxygen atoms in total. The fraction of sp³-hybridized carbons (Fsp3) is 1.00. The summed E-state index contributed by atoms with van der Waals surface area (Å²) < 4.78 is 10.8. The highest BCUT2D eigenvalue weighted by Gasteiger charge is 1.95. The van der Waals surface area contributed by atoms with Crippen LogP contribution in [0.5, 0.6) is 0 Å². The number of hydrogen-bond acceptors (Lipinski definition) is 2. The highest BCUT2D eigenvalue weighted by atomic mass is 32.2. The Balaban J connectivity index is 3.06. The van der Waals surface area contributed by atoms with Crippen molar-refractivity contribution in [2.24, 2.45) is 0 Å². The summed E-state index contributed by atoms with van der Waals surface area (Å²) in [5.41, 5.74) is 0. The van der Waals surface area contributed by atoms with Gasteiger partial charge >= 0.3 is 0 Å². The lowest BCUT2D eigenvalue weighted by Crippen LogP contribution is -2.05. The van der Waals surface area contributed by atoms with Gasteiger partial charge in [-0.25, -0.2) is 0 Å². The van der Waals surface area contributed by atoms with Crippen molar-refractivity contribution in [3.63, 3.8) is 0 Å². The molecule has 0 spiro atoms. The molecule has 0 saturated heterocycles. The summed E-state index contributed by atoms with van der Waals surface area (Å²) in [5.74, 6) is 1.19. The van der Waals surface area contributed by atoms with Gasteiger partial charge in [-0.15, -0.1) is 0 Å². The maximum atomic E-state index is 10.8. The maximum absolute atomic E-state index is 10.8. The van der Waals surface area contributed by atoms with Gasteiger partial charge in [0.25, 0.3) is 0 Å². The summed E-state index contributed by atoms with van der Waals surface area (Å²) in [6, 6.07) is 0. The highest BCUT2D eigenvalue weighted by molar-refractivity contribution is 7.84. The molecule has 0 bridgehead atoms. The average Bonchev–Trinajstić information content (AvgIpc) is 1.85. The first-order valence-corrected chi connectivity index (χ1v) is 4.76. The van der Waals surface area contributed by atoms with Gasteiger partial charge in [0.15, 0.2) is 0 Å². The van der Waals surface area contributed by atoms with Gasteiger partial charge in [0.2, 0.25) is 0 Å². The minimum Gasteiger partial charge on any atom is -0.395 e. The van der Waals surface area contributed by atoms with Crippen LogP contribution in [0.15, 0.2) is 0 Å². The van der Waals surface area contributed by atoms with Gasteiger partial charge in [-0.05, 0) is 6.42 Å². The van der Waals surface area contributed by atoms with E-state index in [4.69, 9.17) is 5.11 Å². The summed E-state index contributed by atoms with van der Waals surface area (Å²) in [6.07, 6.45) is 2.09. The van der Waals surface area contributed by atoms with E-state index in [0.717, 1.165) is 18.6 Å². The van der Waals surface area contributed by atoms with Crippen molar-refractivity contribution in [2.45, 2.75) is 19.8 Å². The molecular formula is C6H14O2S. The molecule has 0 fully saturated rings. The predicted octanol–water partition coefficient (Wildman–Crippen LogP) is 0.528. The first-order valence-electron chi connectivity index (χ1n) is 3.27. The SMILES string of the molecule is CCCC[S@](=O)CCO. The Bertz CT molecular complexity index is 83.1. The lowest BCUT2D eigenvalue weighted by molar-refractivity contribution is 0.321. The Morgan fingerprint density at radius 2 is 2.11 bits per heavy atom. The van der Waals surface area contributed by atoms with Gasteiger partial charge < -0.3 is 5.11 Å². The number of hydrogen-bond donors (Lipinski definition) is 1. The van der Waals surface area contributed by atoms with Crippen LogP contribution in [0.2, 0.25) is 0 Å². The van der Waals surface area contributed by atoms with Crippen molar-refractivity contribution in [1.82, 2.24) is 0 Å². The van der Waals surface area contributed by atoms with Crippen molar-refractivity contribution >= 4 is 10.8 Å². The Labute approximate surface area is 58.7 Å². The lowest BCUT2D eigenvalue weighted by Gasteiger charge is -1.95. The van der Waals surface area contributed by atoms with E-state index < -0.39 is 10.8 Å². The normalized spacial score (nSPS) is 13.6. The monoisotopic (exact) mass is 150 g/mol. The average molecular weight is 150 g/mol. The molecule has 0 aromatic carbocycles. The fourth-order valence-corrected chi connectivity index (χ4v) is 1.53. The van der Waals surface area contributed by atoms with Gasteiger partial charge in [-0.1, -0.05) is 13.3 Å². The number of aliphatic hydroxyl groups is 1. The molecule has 1 atom stereocenters. The predicted molar refractivity (Wildman–Crippen MR) is 39.9 cm³/mol. The molecule has 0 rings (SSSR count). The molecule has 0 unspecified atom stereocenters.